The molecular weight excluding hydrogens is 327 g/mol. The lowest BCUT2D eigenvalue weighted by Crippen LogP contribution is -2.25. The fraction of sp³-hybridized carbons (Fsp3) is 0.222. The van der Waals surface area contributed by atoms with Crippen LogP contribution in [0, 0.1) is 12.7 Å². The van der Waals surface area contributed by atoms with E-state index in [1.54, 1.807) is 0 Å². The van der Waals surface area contributed by atoms with Crippen molar-refractivity contribution in [3.05, 3.63) is 71.2 Å². The van der Waals surface area contributed by atoms with Gasteiger partial charge in [-0.15, -0.1) is 0 Å². The van der Waals surface area contributed by atoms with Crippen molar-refractivity contribution in [2.24, 2.45) is 7.05 Å². The molecule has 6 heteroatoms. The smallest absolute Gasteiger partial charge is 0.216 e. The van der Waals surface area contributed by atoms with Crippen molar-refractivity contribution in [3.8, 4) is 0 Å². The number of fused-ring (bicyclic) bond motifs is 1. The lowest BCUT2D eigenvalue weighted by Gasteiger charge is -2.08. The molecule has 0 aliphatic heterocycles. The molecule has 0 saturated heterocycles. The summed E-state index contributed by atoms with van der Waals surface area (Å²) in [6, 6.07) is 13.4. The third-order valence-electron chi connectivity index (χ3n) is 4.27. The molecule has 0 fully saturated rings. The van der Waals surface area contributed by atoms with Crippen LogP contribution in [0.5, 0.6) is 0 Å². The molecule has 24 heavy (non-hydrogen) atoms. The molecular formula is C18H19FN2O2S. The molecule has 0 spiro atoms. The van der Waals surface area contributed by atoms with Crippen LogP contribution in [0.4, 0.5) is 4.39 Å². The predicted molar refractivity (Wildman–Crippen MR) is 93.5 cm³/mol. The van der Waals surface area contributed by atoms with Crippen molar-refractivity contribution < 1.29 is 12.8 Å². The van der Waals surface area contributed by atoms with Crippen molar-refractivity contribution in [1.82, 2.24) is 9.29 Å². The van der Waals surface area contributed by atoms with Crippen LogP contribution < -0.4 is 4.72 Å². The Kier molecular flexibility index (Phi) is 4.43. The summed E-state index contributed by atoms with van der Waals surface area (Å²) in [6.07, 6.45) is 0. The maximum Gasteiger partial charge on any atom is 0.216 e. The second kappa shape index (κ2) is 6.37. The number of benzene rings is 2. The lowest BCUT2D eigenvalue weighted by atomic mass is 10.1. The fourth-order valence-corrected chi connectivity index (χ4v) is 3.95. The number of hydrogen-bond donors (Lipinski definition) is 1. The molecule has 0 saturated carbocycles. The van der Waals surface area contributed by atoms with Crippen molar-refractivity contribution in [2.45, 2.75) is 19.2 Å². The summed E-state index contributed by atoms with van der Waals surface area (Å²) in [5.41, 5.74) is 3.62. The average molecular weight is 346 g/mol. The Morgan fingerprint density at radius 3 is 2.46 bits per heavy atom. The van der Waals surface area contributed by atoms with Crippen molar-refractivity contribution >= 4 is 20.9 Å². The molecule has 0 aliphatic rings. The van der Waals surface area contributed by atoms with Gasteiger partial charge in [0.1, 0.15) is 5.82 Å². The molecule has 3 rings (SSSR count). The summed E-state index contributed by atoms with van der Waals surface area (Å²) in [4.78, 5) is 0. The number of aryl methyl sites for hydroxylation is 1. The molecule has 0 radical (unpaired) electrons. The normalized spacial score (nSPS) is 12.0. The monoisotopic (exact) mass is 346 g/mol. The van der Waals surface area contributed by atoms with E-state index in [4.69, 9.17) is 0 Å². The molecule has 0 unspecified atom stereocenters. The molecule has 3 aromatic rings. The molecule has 1 aromatic heterocycles. The first-order valence-corrected chi connectivity index (χ1v) is 9.27. The second-order valence-corrected chi connectivity index (χ2v) is 7.65. The van der Waals surface area contributed by atoms with Gasteiger partial charge >= 0.3 is 0 Å². The molecule has 126 valence electrons. The van der Waals surface area contributed by atoms with E-state index in [1.807, 2.05) is 38.2 Å². The Hall–Kier alpha value is -2.18. The third-order valence-corrected chi connectivity index (χ3v) is 5.57. The third kappa shape index (κ3) is 3.34. The van der Waals surface area contributed by atoms with Gasteiger partial charge in [0, 0.05) is 30.2 Å². The Morgan fingerprint density at radius 1 is 1.08 bits per heavy atom. The first-order chi connectivity index (χ1) is 11.4. The van der Waals surface area contributed by atoms with Crippen molar-refractivity contribution in [1.29, 1.82) is 0 Å². The van der Waals surface area contributed by atoms with Gasteiger partial charge in [0.15, 0.2) is 0 Å². The van der Waals surface area contributed by atoms with Crippen LogP contribution in [0.3, 0.4) is 0 Å². The van der Waals surface area contributed by atoms with E-state index in [2.05, 4.69) is 9.29 Å². The Balaban J connectivity index is 1.80. The van der Waals surface area contributed by atoms with Crippen LogP contribution in [-0.2, 0) is 29.4 Å². The number of nitrogens with zero attached hydrogens (tertiary/aromatic N) is 1. The van der Waals surface area contributed by atoms with Crippen molar-refractivity contribution in [3.63, 3.8) is 0 Å². The van der Waals surface area contributed by atoms with Crippen LogP contribution in [0.2, 0.25) is 0 Å². The highest BCUT2D eigenvalue weighted by molar-refractivity contribution is 7.88. The molecule has 0 bridgehead atoms. The zero-order valence-electron chi connectivity index (χ0n) is 13.6. The van der Waals surface area contributed by atoms with Gasteiger partial charge in [-0.05, 0) is 36.2 Å². The van der Waals surface area contributed by atoms with E-state index in [-0.39, 0.29) is 18.1 Å². The van der Waals surface area contributed by atoms with Gasteiger partial charge in [0.25, 0.3) is 0 Å². The number of rotatable bonds is 5. The van der Waals surface area contributed by atoms with Gasteiger partial charge in [0.05, 0.1) is 5.75 Å². The minimum Gasteiger partial charge on any atom is -0.348 e. The highest BCUT2D eigenvalue weighted by Gasteiger charge is 2.16. The number of hydrogen-bond acceptors (Lipinski definition) is 2. The summed E-state index contributed by atoms with van der Waals surface area (Å²) in [5.74, 6) is -0.549. The topological polar surface area (TPSA) is 51.1 Å². The van der Waals surface area contributed by atoms with Gasteiger partial charge in [-0.3, -0.25) is 0 Å². The highest BCUT2D eigenvalue weighted by atomic mass is 32.2. The summed E-state index contributed by atoms with van der Waals surface area (Å²) in [6.45, 7) is 2.21. The zero-order chi connectivity index (χ0) is 17.3. The van der Waals surface area contributed by atoms with Crippen LogP contribution in [0.1, 0.15) is 16.8 Å². The van der Waals surface area contributed by atoms with Gasteiger partial charge in [-0.25, -0.2) is 17.5 Å². The number of halogens is 1. The Morgan fingerprint density at radius 2 is 1.75 bits per heavy atom. The Bertz CT molecular complexity index is 976. The molecule has 0 atom stereocenters. The number of nitrogens with one attached hydrogen (secondary N) is 1. The SMILES string of the molecule is Cc1c(CNS(=O)(=O)Cc2ccc(F)cc2)c2ccccc2n1C. The molecule has 1 heterocycles. The molecule has 4 nitrogen and oxygen atoms in total. The molecule has 0 amide bonds. The highest BCUT2D eigenvalue weighted by Crippen LogP contribution is 2.24. The summed E-state index contributed by atoms with van der Waals surface area (Å²) >= 11 is 0. The van der Waals surface area contributed by atoms with Gasteiger partial charge < -0.3 is 4.57 Å². The van der Waals surface area contributed by atoms with Crippen LogP contribution in [0.25, 0.3) is 10.9 Å². The minimum absolute atomic E-state index is 0.170. The predicted octanol–water partition coefficient (Wildman–Crippen LogP) is 3.25. The number of aromatic nitrogens is 1. The van der Waals surface area contributed by atoms with Gasteiger partial charge in [-0.2, -0.15) is 0 Å². The summed E-state index contributed by atoms with van der Waals surface area (Å²) < 4.78 is 42.2. The largest absolute Gasteiger partial charge is 0.348 e. The first kappa shape index (κ1) is 16.7. The molecule has 1 N–H and O–H groups in total. The average Bonchev–Trinajstić information content (AvgIpc) is 2.79. The Labute approximate surface area is 141 Å². The van der Waals surface area contributed by atoms with E-state index in [9.17, 15) is 12.8 Å². The summed E-state index contributed by atoms with van der Waals surface area (Å²) in [5, 5.41) is 1.04. The zero-order valence-corrected chi connectivity index (χ0v) is 14.4. The van der Waals surface area contributed by atoms with Crippen LogP contribution in [0.15, 0.2) is 48.5 Å². The van der Waals surface area contributed by atoms with Crippen LogP contribution in [-0.4, -0.2) is 13.0 Å². The first-order valence-electron chi connectivity index (χ1n) is 7.62. The van der Waals surface area contributed by atoms with E-state index >= 15 is 0 Å². The van der Waals surface area contributed by atoms with Gasteiger partial charge in [0.2, 0.25) is 10.0 Å². The van der Waals surface area contributed by atoms with Crippen LogP contribution >= 0.6 is 0 Å². The number of sulfonamides is 1. The maximum atomic E-state index is 12.9. The molecule has 2 aromatic carbocycles. The lowest BCUT2D eigenvalue weighted by molar-refractivity contribution is 0.580. The maximum absolute atomic E-state index is 12.9. The minimum atomic E-state index is -3.50. The fourth-order valence-electron chi connectivity index (χ4n) is 2.86. The van der Waals surface area contributed by atoms with E-state index < -0.39 is 10.0 Å². The number of para-hydroxylation sites is 1. The summed E-state index contributed by atoms with van der Waals surface area (Å²) in [7, 11) is -1.54. The van der Waals surface area contributed by atoms with E-state index in [0.717, 1.165) is 22.2 Å². The molecule has 0 aliphatic carbocycles. The quantitative estimate of drug-likeness (QED) is 0.771. The van der Waals surface area contributed by atoms with E-state index in [1.165, 1.54) is 24.3 Å². The standard InChI is InChI=1S/C18H19FN2O2S/c1-13-17(16-5-3-4-6-18(16)21(13)2)11-20-24(22,23)12-14-7-9-15(19)10-8-14/h3-10,20H,11-12H2,1-2H3. The van der Waals surface area contributed by atoms with Gasteiger partial charge in [-0.1, -0.05) is 30.3 Å². The second-order valence-electron chi connectivity index (χ2n) is 5.85. The van der Waals surface area contributed by atoms with Crippen molar-refractivity contribution in [2.75, 3.05) is 0 Å². The van der Waals surface area contributed by atoms with E-state index in [0.29, 0.717) is 5.56 Å².